The normalized spacial score (nSPS) is 22.0. The van der Waals surface area contributed by atoms with Crippen LogP contribution >= 0.6 is 0 Å². The summed E-state index contributed by atoms with van der Waals surface area (Å²) in [6, 6.07) is 3.71. The highest BCUT2D eigenvalue weighted by Crippen LogP contribution is 2.32. The van der Waals surface area contributed by atoms with Crippen molar-refractivity contribution in [3.05, 3.63) is 23.5 Å². The zero-order valence-electron chi connectivity index (χ0n) is 12.8. The van der Waals surface area contributed by atoms with E-state index in [0.29, 0.717) is 12.3 Å². The molecule has 0 bridgehead atoms. The van der Waals surface area contributed by atoms with Crippen LogP contribution in [0.15, 0.2) is 17.1 Å². The fourth-order valence-electron chi connectivity index (χ4n) is 2.29. The second kappa shape index (κ2) is 7.22. The lowest BCUT2D eigenvalue weighted by atomic mass is 10.1. The predicted octanol–water partition coefficient (Wildman–Crippen LogP) is 1.75. The number of aromatic amines is 1. The van der Waals surface area contributed by atoms with Crippen LogP contribution in [0, 0.1) is 11.3 Å². The molecule has 7 heteroatoms. The van der Waals surface area contributed by atoms with Crippen LogP contribution < -0.4 is 5.73 Å². The van der Waals surface area contributed by atoms with Gasteiger partial charge in [0, 0.05) is 5.69 Å². The monoisotopic (exact) mass is 306 g/mol. The number of aromatic nitrogens is 1. The summed E-state index contributed by atoms with van der Waals surface area (Å²) in [5.41, 5.74) is 7.30. The van der Waals surface area contributed by atoms with Crippen LogP contribution in [0.3, 0.4) is 0 Å². The number of rotatable bonds is 6. The number of carbonyl (C=O) groups is 1. The Morgan fingerprint density at radius 2 is 2.36 bits per heavy atom. The summed E-state index contributed by atoms with van der Waals surface area (Å²) in [6.07, 6.45) is 2.46. The van der Waals surface area contributed by atoms with Gasteiger partial charge in [0.2, 0.25) is 0 Å². The molecule has 2 atom stereocenters. The van der Waals surface area contributed by atoms with E-state index in [2.05, 4.69) is 9.98 Å². The van der Waals surface area contributed by atoms with Crippen molar-refractivity contribution in [1.29, 1.82) is 5.41 Å². The Labute approximate surface area is 129 Å². The molecule has 2 unspecified atom stereocenters. The van der Waals surface area contributed by atoms with Gasteiger partial charge in [-0.3, -0.25) is 10.2 Å². The Bertz CT molecular complexity index is 565. The second-order valence-corrected chi connectivity index (χ2v) is 5.58. The molecule has 4 N–H and O–H groups in total. The first-order valence-electron chi connectivity index (χ1n) is 7.34. The van der Waals surface area contributed by atoms with E-state index in [9.17, 15) is 4.79 Å². The van der Waals surface area contributed by atoms with Crippen molar-refractivity contribution >= 4 is 18.1 Å². The zero-order valence-corrected chi connectivity index (χ0v) is 12.8. The minimum Gasteiger partial charge on any atom is -0.463 e. The maximum atomic E-state index is 11.5. The molecule has 1 fully saturated rings. The Morgan fingerprint density at radius 1 is 1.59 bits per heavy atom. The molecule has 0 saturated carbocycles. The highest BCUT2D eigenvalue weighted by Gasteiger charge is 2.28. The molecule has 2 heterocycles. The molecule has 120 valence electrons. The molecule has 1 aromatic rings. The van der Waals surface area contributed by atoms with Gasteiger partial charge in [-0.1, -0.05) is 13.8 Å². The van der Waals surface area contributed by atoms with Crippen LogP contribution in [-0.4, -0.2) is 35.8 Å². The van der Waals surface area contributed by atoms with E-state index in [1.807, 2.05) is 12.1 Å². The van der Waals surface area contributed by atoms with Gasteiger partial charge in [0.05, 0.1) is 23.8 Å². The standard InChI is InChI=1S/C15H22N4O3/c1-9(2)15(20)21-7-10-3-6-13(22-10)11-4-5-12(19-11)14(17)18-8-16/h4-5,8-10,13,19H,3,6-7H2,1-2H3,(H3,16,17,18). The maximum Gasteiger partial charge on any atom is 0.308 e. The first-order valence-corrected chi connectivity index (χ1v) is 7.34. The number of hydrogen-bond donors (Lipinski definition) is 3. The summed E-state index contributed by atoms with van der Waals surface area (Å²) >= 11 is 0. The number of nitrogens with zero attached hydrogens (tertiary/aromatic N) is 1. The number of hydrogen-bond acceptors (Lipinski definition) is 4. The molecular weight excluding hydrogens is 284 g/mol. The van der Waals surface area contributed by atoms with E-state index >= 15 is 0 Å². The molecular formula is C15H22N4O3. The Kier molecular flexibility index (Phi) is 5.32. The summed E-state index contributed by atoms with van der Waals surface area (Å²) in [5.74, 6) is -0.0641. The van der Waals surface area contributed by atoms with E-state index in [1.54, 1.807) is 13.8 Å². The molecule has 1 aliphatic heterocycles. The third-order valence-corrected chi connectivity index (χ3v) is 3.53. The lowest BCUT2D eigenvalue weighted by molar-refractivity contribution is -0.151. The molecule has 0 spiro atoms. The third kappa shape index (κ3) is 3.94. The summed E-state index contributed by atoms with van der Waals surface area (Å²) in [4.78, 5) is 18.3. The molecule has 7 nitrogen and oxygen atoms in total. The number of H-pyrrole nitrogens is 1. The second-order valence-electron chi connectivity index (χ2n) is 5.58. The van der Waals surface area contributed by atoms with Gasteiger partial charge in [-0.05, 0) is 25.0 Å². The molecule has 0 aliphatic carbocycles. The minimum absolute atomic E-state index is 0.0655. The number of aliphatic imine (C=N–C) groups is 1. The Balaban J connectivity index is 1.89. The first kappa shape index (κ1) is 16.2. The maximum absolute atomic E-state index is 11.5. The molecule has 1 aromatic heterocycles. The van der Waals surface area contributed by atoms with Gasteiger partial charge in [0.1, 0.15) is 18.8 Å². The third-order valence-electron chi connectivity index (χ3n) is 3.53. The van der Waals surface area contributed by atoms with E-state index in [4.69, 9.17) is 20.6 Å². The van der Waals surface area contributed by atoms with Gasteiger partial charge in [0.25, 0.3) is 0 Å². The van der Waals surface area contributed by atoms with Gasteiger partial charge in [-0.15, -0.1) is 0 Å². The number of amidine groups is 1. The average molecular weight is 306 g/mol. The predicted molar refractivity (Wildman–Crippen MR) is 82.9 cm³/mol. The minimum atomic E-state index is -0.204. The van der Waals surface area contributed by atoms with Gasteiger partial charge in [-0.2, -0.15) is 0 Å². The number of nitrogens with one attached hydrogen (secondary N) is 2. The van der Waals surface area contributed by atoms with Gasteiger partial charge in [0.15, 0.2) is 0 Å². The molecule has 1 saturated heterocycles. The lowest BCUT2D eigenvalue weighted by Gasteiger charge is -2.14. The van der Waals surface area contributed by atoms with E-state index in [0.717, 1.165) is 24.9 Å². The van der Waals surface area contributed by atoms with Crippen molar-refractivity contribution in [3.63, 3.8) is 0 Å². The van der Waals surface area contributed by atoms with Gasteiger partial charge < -0.3 is 20.2 Å². The van der Waals surface area contributed by atoms with E-state index < -0.39 is 0 Å². The Morgan fingerprint density at radius 3 is 3.05 bits per heavy atom. The summed E-state index contributed by atoms with van der Waals surface area (Å²) < 4.78 is 11.1. The van der Waals surface area contributed by atoms with Crippen molar-refractivity contribution in [2.45, 2.75) is 38.9 Å². The molecule has 0 aromatic carbocycles. The van der Waals surface area contributed by atoms with E-state index in [1.165, 1.54) is 0 Å². The largest absolute Gasteiger partial charge is 0.463 e. The molecule has 0 amide bonds. The fourth-order valence-corrected chi connectivity index (χ4v) is 2.29. The number of ether oxygens (including phenoxy) is 2. The van der Waals surface area contributed by atoms with Crippen molar-refractivity contribution in [3.8, 4) is 0 Å². The SMILES string of the molecule is CC(C)C(=O)OCC1CCC(c2ccc(/C(N)=N\C=N)[nH]2)O1. The van der Waals surface area contributed by atoms with Crippen molar-refractivity contribution in [2.24, 2.45) is 16.6 Å². The fraction of sp³-hybridized carbons (Fsp3) is 0.533. The highest BCUT2D eigenvalue weighted by atomic mass is 16.6. The van der Waals surface area contributed by atoms with Crippen LogP contribution in [-0.2, 0) is 14.3 Å². The van der Waals surface area contributed by atoms with Crippen LogP contribution in [0.5, 0.6) is 0 Å². The highest BCUT2D eigenvalue weighted by molar-refractivity contribution is 5.99. The average Bonchev–Trinajstić information content (AvgIpc) is 3.13. The molecule has 22 heavy (non-hydrogen) atoms. The van der Waals surface area contributed by atoms with Crippen molar-refractivity contribution in [1.82, 2.24) is 4.98 Å². The smallest absolute Gasteiger partial charge is 0.308 e. The van der Waals surface area contributed by atoms with Crippen LogP contribution in [0.2, 0.25) is 0 Å². The number of nitrogens with two attached hydrogens (primary N) is 1. The van der Waals surface area contributed by atoms with Gasteiger partial charge >= 0.3 is 5.97 Å². The molecule has 2 rings (SSSR count). The van der Waals surface area contributed by atoms with E-state index in [-0.39, 0.29) is 29.9 Å². The lowest BCUT2D eigenvalue weighted by Crippen LogP contribution is -2.21. The topological polar surface area (TPSA) is 114 Å². The first-order chi connectivity index (χ1) is 10.5. The van der Waals surface area contributed by atoms with Gasteiger partial charge in [-0.25, -0.2) is 4.99 Å². The zero-order chi connectivity index (χ0) is 16.1. The summed E-state index contributed by atoms with van der Waals surface area (Å²) in [7, 11) is 0. The van der Waals surface area contributed by atoms with Crippen LogP contribution in [0.25, 0.3) is 0 Å². The summed E-state index contributed by atoms with van der Waals surface area (Å²) in [6.45, 7) is 3.90. The van der Waals surface area contributed by atoms with Crippen molar-refractivity contribution < 1.29 is 14.3 Å². The number of carbonyl (C=O) groups excluding carboxylic acids is 1. The molecule has 1 aliphatic rings. The number of esters is 1. The quantitative estimate of drug-likeness (QED) is 0.422. The molecule has 0 radical (unpaired) electrons. The van der Waals surface area contributed by atoms with Crippen molar-refractivity contribution in [2.75, 3.05) is 6.61 Å². The van der Waals surface area contributed by atoms with Crippen LogP contribution in [0.1, 0.15) is 44.2 Å². The Hall–Kier alpha value is -2.15. The summed E-state index contributed by atoms with van der Waals surface area (Å²) in [5, 5.41) is 6.92. The van der Waals surface area contributed by atoms with Crippen LogP contribution in [0.4, 0.5) is 0 Å².